The average molecular weight is 249 g/mol. The third kappa shape index (κ3) is 1.59. The molecule has 1 aromatic carbocycles. The molecule has 0 aliphatic carbocycles. The Balaban J connectivity index is 2.13. The number of nitro groups is 1. The van der Waals surface area contributed by atoms with Crippen LogP contribution in [0, 0.1) is 17.0 Å². The first-order valence-electron chi connectivity index (χ1n) is 5.45. The minimum Gasteiger partial charge on any atom is -0.320 e. The number of amidine groups is 1. The fourth-order valence-corrected chi connectivity index (χ4v) is 3.30. The number of nitro benzene ring substituents is 1. The molecule has 0 amide bonds. The summed E-state index contributed by atoms with van der Waals surface area (Å²) >= 11 is 1.61. The first-order chi connectivity index (χ1) is 8.16. The van der Waals surface area contributed by atoms with Crippen LogP contribution in [0.1, 0.15) is 12.0 Å². The van der Waals surface area contributed by atoms with Crippen molar-refractivity contribution in [3.8, 4) is 0 Å². The number of aryl methyl sites for hydroxylation is 1. The van der Waals surface area contributed by atoms with Gasteiger partial charge in [0.1, 0.15) is 0 Å². The van der Waals surface area contributed by atoms with Crippen LogP contribution in [0.15, 0.2) is 22.0 Å². The number of benzene rings is 1. The van der Waals surface area contributed by atoms with Gasteiger partial charge in [-0.1, -0.05) is 0 Å². The van der Waals surface area contributed by atoms with Gasteiger partial charge in [0.15, 0.2) is 5.17 Å². The summed E-state index contributed by atoms with van der Waals surface area (Å²) in [7, 11) is 0. The van der Waals surface area contributed by atoms with Crippen LogP contribution in [0.5, 0.6) is 0 Å². The van der Waals surface area contributed by atoms with Crippen LogP contribution >= 0.6 is 11.8 Å². The van der Waals surface area contributed by atoms with Crippen LogP contribution in [-0.2, 0) is 0 Å². The zero-order valence-corrected chi connectivity index (χ0v) is 10.2. The summed E-state index contributed by atoms with van der Waals surface area (Å²) in [5.41, 5.74) is 1.84. The van der Waals surface area contributed by atoms with Crippen LogP contribution in [-0.4, -0.2) is 23.2 Å². The smallest absolute Gasteiger partial charge is 0.274 e. The molecule has 0 atom stereocenters. The molecule has 0 unspecified atom stereocenters. The molecule has 0 fully saturated rings. The Hall–Kier alpha value is -1.56. The number of hydrogen-bond donors (Lipinski definition) is 0. The van der Waals surface area contributed by atoms with Crippen molar-refractivity contribution in [2.24, 2.45) is 4.99 Å². The van der Waals surface area contributed by atoms with E-state index in [0.717, 1.165) is 35.3 Å². The van der Waals surface area contributed by atoms with E-state index in [9.17, 15) is 10.1 Å². The number of aliphatic imine (C=N–C) groups is 1. The first-order valence-corrected chi connectivity index (χ1v) is 6.27. The summed E-state index contributed by atoms with van der Waals surface area (Å²) in [6.07, 6.45) is 1.01. The molecule has 0 radical (unpaired) electrons. The number of nitrogens with zero attached hydrogens (tertiary/aromatic N) is 3. The highest BCUT2D eigenvalue weighted by molar-refractivity contribution is 8.14. The predicted octanol–water partition coefficient (Wildman–Crippen LogP) is 2.58. The van der Waals surface area contributed by atoms with Crippen molar-refractivity contribution in [1.29, 1.82) is 0 Å². The van der Waals surface area contributed by atoms with Crippen molar-refractivity contribution < 1.29 is 4.92 Å². The summed E-state index contributed by atoms with van der Waals surface area (Å²) in [5, 5.41) is 11.9. The zero-order valence-electron chi connectivity index (χ0n) is 9.34. The lowest BCUT2D eigenvalue weighted by atomic mass is 10.1. The molecule has 1 aromatic rings. The summed E-state index contributed by atoms with van der Waals surface area (Å²) < 4.78 is 0. The van der Waals surface area contributed by atoms with Crippen molar-refractivity contribution in [3.63, 3.8) is 0 Å². The van der Waals surface area contributed by atoms with E-state index in [1.54, 1.807) is 24.8 Å². The number of anilines is 1. The third-order valence-electron chi connectivity index (χ3n) is 2.98. The topological polar surface area (TPSA) is 58.7 Å². The monoisotopic (exact) mass is 249 g/mol. The molecule has 2 aliphatic rings. The van der Waals surface area contributed by atoms with E-state index in [-0.39, 0.29) is 10.6 Å². The molecular formula is C11H11N3O2S. The number of hydrogen-bond acceptors (Lipinski definition) is 5. The highest BCUT2D eigenvalue weighted by Crippen LogP contribution is 2.44. The maximum Gasteiger partial charge on any atom is 0.274 e. The lowest BCUT2D eigenvalue weighted by Crippen LogP contribution is -2.30. The standard InChI is InChI=1S/C11H11N3O2S/c1-7-5-10-9(6-8(7)14(15)16)13-4-2-3-12-11(13)17-10/h5-6H,2-4H2,1H3. The quantitative estimate of drug-likeness (QED) is 0.567. The molecule has 0 aromatic heterocycles. The normalized spacial score (nSPS) is 17.5. The van der Waals surface area contributed by atoms with E-state index in [4.69, 9.17) is 0 Å². The SMILES string of the molecule is Cc1cc2c(cc1[N+](=O)[O-])N1CCCN=C1S2. The summed E-state index contributed by atoms with van der Waals surface area (Å²) in [6.45, 7) is 3.53. The Bertz CT molecular complexity index is 542. The average Bonchev–Trinajstić information content (AvgIpc) is 2.64. The van der Waals surface area contributed by atoms with E-state index < -0.39 is 0 Å². The predicted molar refractivity (Wildman–Crippen MR) is 68.0 cm³/mol. The van der Waals surface area contributed by atoms with E-state index in [1.807, 2.05) is 6.07 Å². The van der Waals surface area contributed by atoms with Crippen molar-refractivity contribution in [1.82, 2.24) is 0 Å². The molecule has 3 rings (SSSR count). The summed E-state index contributed by atoms with van der Waals surface area (Å²) in [5.74, 6) is 0. The second-order valence-electron chi connectivity index (χ2n) is 4.14. The van der Waals surface area contributed by atoms with Crippen molar-refractivity contribution in [2.75, 3.05) is 18.0 Å². The van der Waals surface area contributed by atoms with Gasteiger partial charge in [0.25, 0.3) is 5.69 Å². The molecule has 5 nitrogen and oxygen atoms in total. The van der Waals surface area contributed by atoms with E-state index in [0.29, 0.717) is 5.56 Å². The Kier molecular flexibility index (Phi) is 2.32. The molecule has 2 aliphatic heterocycles. The largest absolute Gasteiger partial charge is 0.320 e. The van der Waals surface area contributed by atoms with Crippen molar-refractivity contribution in [3.05, 3.63) is 27.8 Å². The molecular weight excluding hydrogens is 238 g/mol. The molecule has 2 heterocycles. The molecule has 17 heavy (non-hydrogen) atoms. The van der Waals surface area contributed by atoms with Gasteiger partial charge in [0.2, 0.25) is 0 Å². The minimum absolute atomic E-state index is 0.191. The van der Waals surface area contributed by atoms with Crippen molar-refractivity contribution in [2.45, 2.75) is 18.2 Å². The molecule has 0 spiro atoms. The van der Waals surface area contributed by atoms with E-state index in [1.165, 1.54) is 0 Å². The highest BCUT2D eigenvalue weighted by Gasteiger charge is 2.30. The van der Waals surface area contributed by atoms with Gasteiger partial charge >= 0.3 is 0 Å². The maximum atomic E-state index is 10.9. The summed E-state index contributed by atoms with van der Waals surface area (Å²) in [4.78, 5) is 18.2. The van der Waals surface area contributed by atoms with Gasteiger partial charge in [-0.15, -0.1) is 0 Å². The second kappa shape index (κ2) is 3.73. The first kappa shape index (κ1) is 10.6. The van der Waals surface area contributed by atoms with Gasteiger partial charge in [-0.2, -0.15) is 0 Å². The van der Waals surface area contributed by atoms with Crippen LogP contribution in [0.25, 0.3) is 0 Å². The lowest BCUT2D eigenvalue weighted by molar-refractivity contribution is -0.385. The van der Waals surface area contributed by atoms with Crippen LogP contribution < -0.4 is 4.90 Å². The maximum absolute atomic E-state index is 10.9. The van der Waals surface area contributed by atoms with Gasteiger partial charge in [0.05, 0.1) is 10.6 Å². The third-order valence-corrected chi connectivity index (χ3v) is 4.06. The van der Waals surface area contributed by atoms with Crippen LogP contribution in [0.4, 0.5) is 11.4 Å². The van der Waals surface area contributed by atoms with Crippen LogP contribution in [0.3, 0.4) is 0 Å². The number of rotatable bonds is 1. The molecule has 88 valence electrons. The molecule has 6 heteroatoms. The Morgan fingerprint density at radius 3 is 3.12 bits per heavy atom. The zero-order chi connectivity index (χ0) is 12.0. The highest BCUT2D eigenvalue weighted by atomic mass is 32.2. The molecule has 0 bridgehead atoms. The minimum atomic E-state index is -0.320. The molecule has 0 saturated carbocycles. The summed E-state index contributed by atoms with van der Waals surface area (Å²) in [6, 6.07) is 3.56. The second-order valence-corrected chi connectivity index (χ2v) is 5.14. The number of thioether (sulfide) groups is 1. The Labute approximate surface area is 103 Å². The van der Waals surface area contributed by atoms with Gasteiger partial charge < -0.3 is 4.90 Å². The van der Waals surface area contributed by atoms with Gasteiger partial charge in [-0.25, -0.2) is 0 Å². The number of fused-ring (bicyclic) bond motifs is 3. The Morgan fingerprint density at radius 1 is 1.53 bits per heavy atom. The van der Waals surface area contributed by atoms with Gasteiger partial charge in [-0.05, 0) is 31.2 Å². The molecule has 0 saturated heterocycles. The van der Waals surface area contributed by atoms with Gasteiger partial charge in [0, 0.05) is 29.6 Å². The lowest BCUT2D eigenvalue weighted by Gasteiger charge is -2.22. The van der Waals surface area contributed by atoms with Crippen LogP contribution in [0.2, 0.25) is 0 Å². The fraction of sp³-hybridized carbons (Fsp3) is 0.364. The Morgan fingerprint density at radius 2 is 2.35 bits per heavy atom. The van der Waals surface area contributed by atoms with Gasteiger partial charge in [-0.3, -0.25) is 15.1 Å². The molecule has 0 N–H and O–H groups in total. The van der Waals surface area contributed by atoms with E-state index >= 15 is 0 Å². The fourth-order valence-electron chi connectivity index (χ4n) is 2.14. The van der Waals surface area contributed by atoms with E-state index in [2.05, 4.69) is 9.89 Å². The van der Waals surface area contributed by atoms with Crippen molar-refractivity contribution >= 4 is 28.3 Å².